The van der Waals surface area contributed by atoms with Crippen molar-refractivity contribution >= 4 is 23.5 Å². The molecule has 0 radical (unpaired) electrons. The average Bonchev–Trinajstić information content (AvgIpc) is 2.47. The van der Waals surface area contributed by atoms with Crippen LogP contribution in [0.1, 0.15) is 5.56 Å². The highest BCUT2D eigenvalue weighted by Crippen LogP contribution is 2.20. The zero-order valence-electron chi connectivity index (χ0n) is 8.28. The molecule has 2 rings (SSSR count). The van der Waals surface area contributed by atoms with E-state index in [4.69, 9.17) is 0 Å². The first-order valence-electron chi connectivity index (χ1n) is 4.46. The van der Waals surface area contributed by atoms with Crippen LogP contribution < -0.4 is 10.2 Å². The van der Waals surface area contributed by atoms with Crippen molar-refractivity contribution < 1.29 is 18.8 Å². The lowest BCUT2D eigenvalue weighted by Gasteiger charge is -2.11. The Morgan fingerprint density at radius 1 is 1.25 bits per heavy atom. The first-order valence-corrected chi connectivity index (χ1v) is 4.46. The number of nitrogens with zero attached hydrogens (tertiary/aromatic N) is 1. The maximum atomic E-state index is 13.0. The van der Waals surface area contributed by atoms with Gasteiger partial charge < -0.3 is 0 Å². The Labute approximate surface area is 89.8 Å². The van der Waals surface area contributed by atoms with E-state index in [2.05, 4.69) is 0 Å². The Balaban J connectivity index is 2.45. The highest BCUT2D eigenvalue weighted by atomic mass is 19.1. The lowest BCUT2D eigenvalue weighted by Crippen LogP contribution is -2.30. The van der Waals surface area contributed by atoms with Gasteiger partial charge in [-0.15, -0.1) is 0 Å². The molecule has 0 spiro atoms. The second-order valence-electron chi connectivity index (χ2n) is 3.33. The number of imide groups is 2. The highest BCUT2D eigenvalue weighted by molar-refractivity contribution is 6.53. The second kappa shape index (κ2) is 3.41. The first kappa shape index (κ1) is 10.3. The molecule has 1 aromatic rings. The Kier molecular flexibility index (Phi) is 2.19. The number of aryl methyl sites for hydroxylation is 1. The summed E-state index contributed by atoms with van der Waals surface area (Å²) in [5.41, 5.74) is 0.463. The third-order valence-electron chi connectivity index (χ3n) is 2.22. The largest absolute Gasteiger partial charge is 0.336 e. The smallest absolute Gasteiger partial charge is 0.269 e. The number of nitrogens with one attached hydrogen (secondary N) is 1. The summed E-state index contributed by atoms with van der Waals surface area (Å²) in [6.07, 6.45) is 0. The molecule has 0 saturated carbocycles. The molecule has 1 aliphatic heterocycles. The van der Waals surface area contributed by atoms with Gasteiger partial charge >= 0.3 is 17.8 Å². The van der Waals surface area contributed by atoms with E-state index in [9.17, 15) is 18.8 Å². The van der Waals surface area contributed by atoms with Crippen molar-refractivity contribution in [1.29, 1.82) is 0 Å². The number of hydrogen-bond acceptors (Lipinski definition) is 3. The van der Waals surface area contributed by atoms with Gasteiger partial charge in [-0.25, -0.2) is 14.1 Å². The van der Waals surface area contributed by atoms with Crippen LogP contribution in [0, 0.1) is 12.7 Å². The summed E-state index contributed by atoms with van der Waals surface area (Å²) < 4.78 is 13.0. The number of carbonyl (C=O) groups excluding carboxylic acids is 3. The van der Waals surface area contributed by atoms with Gasteiger partial charge in [0.2, 0.25) is 0 Å². The molecular formula is C10H7FN2O3. The minimum atomic E-state index is -0.980. The van der Waals surface area contributed by atoms with Gasteiger partial charge in [0.1, 0.15) is 5.82 Å². The molecule has 1 fully saturated rings. The Morgan fingerprint density at radius 2 is 1.94 bits per heavy atom. The SMILES string of the molecule is Cc1cc(N2C(=O)NC(=O)C2=O)ccc1F. The van der Waals surface area contributed by atoms with Crippen LogP contribution in [0.25, 0.3) is 0 Å². The maximum Gasteiger partial charge on any atom is 0.336 e. The van der Waals surface area contributed by atoms with E-state index in [1.54, 1.807) is 0 Å². The van der Waals surface area contributed by atoms with Gasteiger partial charge in [0.25, 0.3) is 0 Å². The van der Waals surface area contributed by atoms with Gasteiger partial charge in [0, 0.05) is 0 Å². The van der Waals surface area contributed by atoms with Gasteiger partial charge in [-0.3, -0.25) is 14.9 Å². The molecule has 82 valence electrons. The number of halogens is 1. The topological polar surface area (TPSA) is 66.5 Å². The molecule has 4 amide bonds. The predicted octanol–water partition coefficient (Wildman–Crippen LogP) is 0.717. The van der Waals surface area contributed by atoms with Gasteiger partial charge in [0.05, 0.1) is 5.69 Å². The summed E-state index contributed by atoms with van der Waals surface area (Å²) in [5.74, 6) is -2.38. The van der Waals surface area contributed by atoms with Crippen molar-refractivity contribution in [2.75, 3.05) is 4.90 Å². The van der Waals surface area contributed by atoms with E-state index in [-0.39, 0.29) is 11.3 Å². The summed E-state index contributed by atoms with van der Waals surface area (Å²) in [4.78, 5) is 34.2. The number of benzene rings is 1. The summed E-state index contributed by atoms with van der Waals surface area (Å²) in [5, 5.41) is 1.85. The molecule has 6 heteroatoms. The van der Waals surface area contributed by atoms with Crippen molar-refractivity contribution in [2.45, 2.75) is 6.92 Å². The molecule has 0 bridgehead atoms. The quantitative estimate of drug-likeness (QED) is 0.562. The Bertz CT molecular complexity index is 513. The van der Waals surface area contributed by atoms with E-state index >= 15 is 0 Å². The third-order valence-corrected chi connectivity index (χ3v) is 2.22. The van der Waals surface area contributed by atoms with Crippen molar-refractivity contribution in [3.63, 3.8) is 0 Å². The summed E-state index contributed by atoms with van der Waals surface area (Å²) in [7, 11) is 0. The van der Waals surface area contributed by atoms with Crippen LogP contribution >= 0.6 is 0 Å². The van der Waals surface area contributed by atoms with Crippen LogP contribution in [-0.2, 0) is 9.59 Å². The van der Waals surface area contributed by atoms with Gasteiger partial charge in [-0.1, -0.05) is 0 Å². The first-order chi connectivity index (χ1) is 7.50. The molecule has 1 aliphatic rings. The standard InChI is InChI=1S/C10H7FN2O3/c1-5-4-6(2-3-7(5)11)13-9(15)8(14)12-10(13)16/h2-4H,1H3,(H,12,14,16). The lowest BCUT2D eigenvalue weighted by molar-refractivity contribution is -0.134. The molecule has 0 unspecified atom stereocenters. The van der Waals surface area contributed by atoms with Crippen molar-refractivity contribution in [3.05, 3.63) is 29.6 Å². The van der Waals surface area contributed by atoms with Crippen LogP contribution in [-0.4, -0.2) is 17.8 Å². The summed E-state index contributed by atoms with van der Waals surface area (Å²) in [6.45, 7) is 1.50. The molecule has 0 aliphatic carbocycles. The van der Waals surface area contributed by atoms with Crippen molar-refractivity contribution in [2.24, 2.45) is 0 Å². The molecule has 1 heterocycles. The zero-order valence-corrected chi connectivity index (χ0v) is 8.28. The fourth-order valence-corrected chi connectivity index (χ4v) is 1.40. The van der Waals surface area contributed by atoms with Gasteiger partial charge in [0.15, 0.2) is 0 Å². The minimum Gasteiger partial charge on any atom is -0.269 e. The van der Waals surface area contributed by atoms with Crippen LogP contribution in [0.2, 0.25) is 0 Å². The molecule has 0 atom stereocenters. The molecule has 1 saturated heterocycles. The van der Waals surface area contributed by atoms with E-state index in [0.29, 0.717) is 4.90 Å². The Hall–Kier alpha value is -2.24. The van der Waals surface area contributed by atoms with E-state index in [1.165, 1.54) is 19.1 Å². The maximum absolute atomic E-state index is 13.0. The predicted molar refractivity (Wildman–Crippen MR) is 52.2 cm³/mol. The van der Waals surface area contributed by atoms with E-state index in [1.807, 2.05) is 5.32 Å². The van der Waals surface area contributed by atoms with Gasteiger partial charge in [-0.05, 0) is 30.7 Å². The number of anilines is 1. The summed E-state index contributed by atoms with van der Waals surface area (Å²) >= 11 is 0. The number of rotatable bonds is 1. The molecule has 0 aromatic heterocycles. The number of carbonyl (C=O) groups is 3. The fraction of sp³-hybridized carbons (Fsp3) is 0.100. The molecule has 16 heavy (non-hydrogen) atoms. The minimum absolute atomic E-state index is 0.173. The third kappa shape index (κ3) is 1.44. The number of hydrogen-bond donors (Lipinski definition) is 1. The molecule has 1 aromatic carbocycles. The average molecular weight is 222 g/mol. The lowest BCUT2D eigenvalue weighted by atomic mass is 10.2. The van der Waals surface area contributed by atoms with E-state index < -0.39 is 23.7 Å². The van der Waals surface area contributed by atoms with Gasteiger partial charge in [-0.2, -0.15) is 0 Å². The van der Waals surface area contributed by atoms with Crippen LogP contribution in [0.15, 0.2) is 18.2 Å². The number of urea groups is 1. The molecular weight excluding hydrogens is 215 g/mol. The molecule has 5 nitrogen and oxygen atoms in total. The Morgan fingerprint density at radius 3 is 2.44 bits per heavy atom. The second-order valence-corrected chi connectivity index (χ2v) is 3.33. The van der Waals surface area contributed by atoms with Crippen LogP contribution in [0.4, 0.5) is 14.9 Å². The van der Waals surface area contributed by atoms with E-state index in [0.717, 1.165) is 6.07 Å². The monoisotopic (exact) mass is 222 g/mol. The van der Waals surface area contributed by atoms with Crippen LogP contribution in [0.3, 0.4) is 0 Å². The number of amides is 4. The van der Waals surface area contributed by atoms with Crippen LogP contribution in [0.5, 0.6) is 0 Å². The summed E-state index contributed by atoms with van der Waals surface area (Å²) in [6, 6.07) is 2.90. The van der Waals surface area contributed by atoms with Crippen molar-refractivity contribution in [3.8, 4) is 0 Å². The van der Waals surface area contributed by atoms with Crippen molar-refractivity contribution in [1.82, 2.24) is 5.32 Å². The fourth-order valence-electron chi connectivity index (χ4n) is 1.40. The normalized spacial score (nSPS) is 15.6. The highest BCUT2D eigenvalue weighted by Gasteiger charge is 2.38. The zero-order chi connectivity index (χ0) is 11.9. The molecule has 1 N–H and O–H groups in total.